The van der Waals surface area contributed by atoms with Crippen LogP contribution in [-0.2, 0) is 4.79 Å². The summed E-state index contributed by atoms with van der Waals surface area (Å²) in [6.07, 6.45) is 18.3. The lowest BCUT2D eigenvalue weighted by molar-refractivity contribution is 0.542. The summed E-state index contributed by atoms with van der Waals surface area (Å²) >= 11 is 0. The van der Waals surface area contributed by atoms with Crippen LogP contribution in [0.4, 0.5) is 0 Å². The van der Waals surface area contributed by atoms with Crippen molar-refractivity contribution in [2.24, 2.45) is 0 Å². The molecule has 1 nitrogen and oxygen atoms in total. The van der Waals surface area contributed by atoms with E-state index in [1.807, 2.05) is 6.29 Å². The normalized spacial score (nSPS) is 11.0. The first-order valence-corrected chi connectivity index (χ1v) is 6.41. The predicted octanol–water partition coefficient (Wildman–Crippen LogP) is 4.57. The third-order valence-corrected chi connectivity index (χ3v) is 2.54. The highest BCUT2D eigenvalue weighted by Crippen LogP contribution is 2.07. The molecule has 0 bridgehead atoms. The minimum Gasteiger partial charge on any atom is -0.291 e. The predicted molar refractivity (Wildman–Crippen MR) is 66.7 cm³/mol. The monoisotopic (exact) mass is 209 g/mol. The molecule has 0 fully saturated rings. The zero-order valence-corrected chi connectivity index (χ0v) is 10.1. The molecule has 1 heteroatoms. The molecule has 0 heterocycles. The first-order chi connectivity index (χ1) is 7.41. The number of hydrogen-bond donors (Lipinski definition) is 0. The number of hydrogen-bond acceptors (Lipinski definition) is 1. The number of carbonyl (C=O) groups excluding carboxylic acids is 1. The summed E-state index contributed by atoms with van der Waals surface area (Å²) in [5.74, 6) is 0. The van der Waals surface area contributed by atoms with Crippen molar-refractivity contribution in [2.75, 3.05) is 0 Å². The molecule has 0 atom stereocenters. The van der Waals surface area contributed by atoms with Crippen molar-refractivity contribution in [1.82, 2.24) is 0 Å². The van der Waals surface area contributed by atoms with E-state index < -0.39 is 0 Å². The SMILES string of the molecule is CCCC/C=C/CCCCCCC[C]=O. The highest BCUT2D eigenvalue weighted by atomic mass is 16.1. The van der Waals surface area contributed by atoms with Gasteiger partial charge in [-0.25, -0.2) is 0 Å². The Morgan fingerprint density at radius 1 is 0.867 bits per heavy atom. The number of rotatable bonds is 11. The molecule has 0 unspecified atom stereocenters. The summed E-state index contributed by atoms with van der Waals surface area (Å²) in [6, 6.07) is 0. The van der Waals surface area contributed by atoms with Crippen LogP contribution in [0.25, 0.3) is 0 Å². The highest BCUT2D eigenvalue weighted by Gasteiger charge is 1.89. The lowest BCUT2D eigenvalue weighted by Crippen LogP contribution is -1.80. The van der Waals surface area contributed by atoms with Crippen LogP contribution in [0.5, 0.6) is 0 Å². The largest absolute Gasteiger partial charge is 0.291 e. The standard InChI is InChI=1S/C14H25O/c1-2-3-4-5-6-7-8-9-10-11-12-13-14-15/h5-6H,2-4,7-13H2,1H3/b6-5+. The smallest absolute Gasteiger partial charge is 0.198 e. The maximum absolute atomic E-state index is 9.93. The molecule has 0 saturated carbocycles. The molecular weight excluding hydrogens is 184 g/mol. The molecule has 0 aliphatic heterocycles. The molecule has 0 saturated heterocycles. The Morgan fingerprint density at radius 3 is 2.13 bits per heavy atom. The van der Waals surface area contributed by atoms with Gasteiger partial charge in [-0.2, -0.15) is 0 Å². The van der Waals surface area contributed by atoms with Gasteiger partial charge in [0.25, 0.3) is 0 Å². The summed E-state index contributed by atoms with van der Waals surface area (Å²) in [5, 5.41) is 0. The first kappa shape index (κ1) is 14.4. The minimum absolute atomic E-state index is 0.622. The first-order valence-electron chi connectivity index (χ1n) is 6.41. The van der Waals surface area contributed by atoms with Gasteiger partial charge >= 0.3 is 0 Å². The summed E-state index contributed by atoms with van der Waals surface area (Å²) < 4.78 is 0. The Morgan fingerprint density at radius 2 is 1.47 bits per heavy atom. The average Bonchev–Trinajstić information content (AvgIpc) is 2.26. The van der Waals surface area contributed by atoms with Gasteiger partial charge in [0.05, 0.1) is 0 Å². The highest BCUT2D eigenvalue weighted by molar-refractivity contribution is 5.50. The van der Waals surface area contributed by atoms with Gasteiger partial charge < -0.3 is 0 Å². The molecule has 0 aliphatic carbocycles. The van der Waals surface area contributed by atoms with E-state index in [0.29, 0.717) is 6.42 Å². The van der Waals surface area contributed by atoms with Gasteiger partial charge in [0, 0.05) is 6.42 Å². The van der Waals surface area contributed by atoms with E-state index in [0.717, 1.165) is 6.42 Å². The van der Waals surface area contributed by atoms with E-state index in [9.17, 15) is 4.79 Å². The Bertz CT molecular complexity index is 149. The van der Waals surface area contributed by atoms with Crippen molar-refractivity contribution in [3.05, 3.63) is 12.2 Å². The van der Waals surface area contributed by atoms with Crippen molar-refractivity contribution in [1.29, 1.82) is 0 Å². The van der Waals surface area contributed by atoms with E-state index in [2.05, 4.69) is 19.1 Å². The van der Waals surface area contributed by atoms with E-state index in [1.165, 1.54) is 51.4 Å². The molecular formula is C14H25O. The van der Waals surface area contributed by atoms with Gasteiger partial charge in [-0.3, -0.25) is 4.79 Å². The fraction of sp³-hybridized carbons (Fsp3) is 0.786. The third kappa shape index (κ3) is 13.4. The van der Waals surface area contributed by atoms with Gasteiger partial charge in [-0.05, 0) is 25.7 Å². The van der Waals surface area contributed by atoms with Gasteiger partial charge in [0.15, 0.2) is 6.29 Å². The quantitative estimate of drug-likeness (QED) is 0.360. The summed E-state index contributed by atoms with van der Waals surface area (Å²) in [6.45, 7) is 2.23. The van der Waals surface area contributed by atoms with Crippen molar-refractivity contribution >= 4 is 6.29 Å². The summed E-state index contributed by atoms with van der Waals surface area (Å²) in [4.78, 5) is 9.93. The maximum atomic E-state index is 9.93. The molecule has 0 spiro atoms. The minimum atomic E-state index is 0.622. The van der Waals surface area contributed by atoms with Crippen LogP contribution >= 0.6 is 0 Å². The van der Waals surface area contributed by atoms with Gasteiger partial charge in [-0.15, -0.1) is 0 Å². The lowest BCUT2D eigenvalue weighted by atomic mass is 10.1. The molecule has 0 amide bonds. The van der Waals surface area contributed by atoms with Gasteiger partial charge in [0.2, 0.25) is 0 Å². The lowest BCUT2D eigenvalue weighted by Gasteiger charge is -1.97. The Kier molecular flexibility index (Phi) is 12.9. The van der Waals surface area contributed by atoms with Crippen LogP contribution < -0.4 is 0 Å². The Hall–Kier alpha value is -0.590. The fourth-order valence-corrected chi connectivity index (χ4v) is 1.55. The molecule has 0 rings (SSSR count). The summed E-state index contributed by atoms with van der Waals surface area (Å²) in [7, 11) is 0. The van der Waals surface area contributed by atoms with Crippen LogP contribution in [0.3, 0.4) is 0 Å². The molecule has 1 radical (unpaired) electrons. The van der Waals surface area contributed by atoms with E-state index in [1.54, 1.807) is 0 Å². The van der Waals surface area contributed by atoms with Gasteiger partial charge in [-0.1, -0.05) is 51.2 Å². The second kappa shape index (κ2) is 13.4. The molecule has 0 aromatic heterocycles. The van der Waals surface area contributed by atoms with E-state index in [4.69, 9.17) is 0 Å². The molecule has 0 aromatic carbocycles. The Labute approximate surface area is 95.0 Å². The van der Waals surface area contributed by atoms with Crippen LogP contribution in [-0.4, -0.2) is 6.29 Å². The third-order valence-electron chi connectivity index (χ3n) is 2.54. The molecule has 0 aromatic rings. The second-order valence-electron chi connectivity index (χ2n) is 4.06. The zero-order valence-electron chi connectivity index (χ0n) is 10.1. The molecule has 87 valence electrons. The van der Waals surface area contributed by atoms with Crippen molar-refractivity contribution in [3.8, 4) is 0 Å². The van der Waals surface area contributed by atoms with E-state index in [-0.39, 0.29) is 0 Å². The van der Waals surface area contributed by atoms with Crippen LogP contribution in [0.1, 0.15) is 71.1 Å². The van der Waals surface area contributed by atoms with Crippen LogP contribution in [0.15, 0.2) is 12.2 Å². The van der Waals surface area contributed by atoms with Crippen molar-refractivity contribution in [2.45, 2.75) is 71.1 Å². The molecule has 0 N–H and O–H groups in total. The van der Waals surface area contributed by atoms with Crippen molar-refractivity contribution < 1.29 is 4.79 Å². The fourth-order valence-electron chi connectivity index (χ4n) is 1.55. The average molecular weight is 209 g/mol. The van der Waals surface area contributed by atoms with Crippen LogP contribution in [0, 0.1) is 0 Å². The van der Waals surface area contributed by atoms with Crippen LogP contribution in [0.2, 0.25) is 0 Å². The topological polar surface area (TPSA) is 17.1 Å². The second-order valence-corrected chi connectivity index (χ2v) is 4.06. The van der Waals surface area contributed by atoms with E-state index >= 15 is 0 Å². The number of allylic oxidation sites excluding steroid dienone is 2. The maximum Gasteiger partial charge on any atom is 0.198 e. The summed E-state index contributed by atoms with van der Waals surface area (Å²) in [5.41, 5.74) is 0. The number of unbranched alkanes of at least 4 members (excludes halogenated alkanes) is 8. The molecule has 15 heavy (non-hydrogen) atoms. The zero-order chi connectivity index (χ0) is 11.2. The molecule has 0 aliphatic rings. The van der Waals surface area contributed by atoms with Gasteiger partial charge in [0.1, 0.15) is 0 Å². The Balaban J connectivity index is 2.97. The van der Waals surface area contributed by atoms with Crippen molar-refractivity contribution in [3.63, 3.8) is 0 Å².